The van der Waals surface area contributed by atoms with Gasteiger partial charge in [-0.2, -0.15) is 0 Å². The van der Waals surface area contributed by atoms with Gasteiger partial charge in [-0.05, 0) is 31.0 Å². The molecule has 1 aromatic carbocycles. The molecule has 2 amide bonds. The highest BCUT2D eigenvalue weighted by Crippen LogP contribution is 2.32. The lowest BCUT2D eigenvalue weighted by molar-refractivity contribution is -0.126. The molecule has 0 bridgehead atoms. The zero-order valence-electron chi connectivity index (χ0n) is 11.3. The first-order valence-corrected chi connectivity index (χ1v) is 7.04. The Labute approximate surface area is 126 Å². The minimum atomic E-state index is -1.000. The molecule has 21 heavy (non-hydrogen) atoms. The summed E-state index contributed by atoms with van der Waals surface area (Å²) in [4.78, 5) is 23.4. The number of benzene rings is 1. The maximum Gasteiger partial charge on any atom is 0.272 e. The summed E-state index contributed by atoms with van der Waals surface area (Å²) >= 11 is 5.59. The van der Waals surface area contributed by atoms with Crippen LogP contribution < -0.4 is 10.9 Å². The molecule has 3 N–H and O–H groups in total. The summed E-state index contributed by atoms with van der Waals surface area (Å²) < 4.78 is 13.5. The van der Waals surface area contributed by atoms with E-state index in [2.05, 4.69) is 10.9 Å². The molecule has 5 nitrogen and oxygen atoms in total. The van der Waals surface area contributed by atoms with Crippen LogP contribution >= 0.6 is 11.6 Å². The number of halogens is 2. The first-order chi connectivity index (χ1) is 9.89. The van der Waals surface area contributed by atoms with Crippen LogP contribution in [-0.2, 0) is 4.79 Å². The Morgan fingerprint density at radius 2 is 1.95 bits per heavy atom. The van der Waals surface area contributed by atoms with Gasteiger partial charge in [-0.25, -0.2) is 4.39 Å². The van der Waals surface area contributed by atoms with Gasteiger partial charge in [-0.3, -0.25) is 20.4 Å². The lowest BCUT2D eigenvalue weighted by Crippen LogP contribution is -2.44. The van der Waals surface area contributed by atoms with E-state index in [9.17, 15) is 19.1 Å². The molecule has 7 heteroatoms. The Hall–Kier alpha value is -1.66. The van der Waals surface area contributed by atoms with Crippen molar-refractivity contribution in [2.75, 3.05) is 0 Å². The van der Waals surface area contributed by atoms with Crippen molar-refractivity contribution in [2.45, 2.75) is 37.7 Å². The molecule has 0 unspecified atom stereocenters. The van der Waals surface area contributed by atoms with Crippen molar-refractivity contribution in [3.63, 3.8) is 0 Å². The maximum absolute atomic E-state index is 13.5. The van der Waals surface area contributed by atoms with Crippen molar-refractivity contribution in [2.24, 2.45) is 0 Å². The third kappa shape index (κ3) is 4.15. The van der Waals surface area contributed by atoms with Gasteiger partial charge < -0.3 is 5.11 Å². The normalized spacial score (nSPS) is 16.5. The lowest BCUT2D eigenvalue weighted by Gasteiger charge is -2.21. The number of aliphatic hydroxyl groups is 1. The first kappa shape index (κ1) is 15.7. The van der Waals surface area contributed by atoms with Crippen molar-refractivity contribution < 1.29 is 19.1 Å². The van der Waals surface area contributed by atoms with Crippen LogP contribution in [0.25, 0.3) is 0 Å². The summed E-state index contributed by atoms with van der Waals surface area (Å²) in [5, 5.41) is 10.2. The molecule has 0 aromatic heterocycles. The molecule has 0 saturated heterocycles. The Morgan fingerprint density at radius 3 is 2.57 bits per heavy atom. The van der Waals surface area contributed by atoms with E-state index < -0.39 is 23.2 Å². The van der Waals surface area contributed by atoms with E-state index in [1.54, 1.807) is 0 Å². The van der Waals surface area contributed by atoms with Crippen molar-refractivity contribution in [1.82, 2.24) is 10.9 Å². The molecule has 0 aliphatic heterocycles. The summed E-state index contributed by atoms with van der Waals surface area (Å²) in [5.74, 6) is -2.07. The molecule has 1 aliphatic carbocycles. The van der Waals surface area contributed by atoms with E-state index >= 15 is 0 Å². The minimum absolute atomic E-state index is 0.0869. The highest BCUT2D eigenvalue weighted by Gasteiger charge is 2.33. The fourth-order valence-electron chi connectivity index (χ4n) is 2.42. The van der Waals surface area contributed by atoms with Gasteiger partial charge in [-0.15, -0.1) is 0 Å². The fourth-order valence-corrected chi connectivity index (χ4v) is 2.58. The highest BCUT2D eigenvalue weighted by molar-refractivity contribution is 6.30. The van der Waals surface area contributed by atoms with Crippen molar-refractivity contribution in [3.05, 3.63) is 34.6 Å². The summed E-state index contributed by atoms with van der Waals surface area (Å²) in [7, 11) is 0. The number of hydrogen-bond donors (Lipinski definition) is 3. The van der Waals surface area contributed by atoms with E-state index in [1.165, 1.54) is 12.1 Å². The molecule has 0 radical (unpaired) electrons. The standard InChI is InChI=1S/C14H16ClFN2O3/c15-9-3-4-10(11(16)7-9)13(20)18-17-12(19)8-14(21)5-1-2-6-14/h3-4,7,21H,1-2,5-6,8H2,(H,17,19)(H,18,20). The van der Waals surface area contributed by atoms with Crippen LogP contribution in [0.2, 0.25) is 5.02 Å². The molecule has 0 spiro atoms. The summed E-state index contributed by atoms with van der Waals surface area (Å²) in [5.41, 5.74) is 3.07. The summed E-state index contributed by atoms with van der Waals surface area (Å²) in [6.45, 7) is 0. The van der Waals surface area contributed by atoms with E-state index in [0.717, 1.165) is 18.9 Å². The van der Waals surface area contributed by atoms with Crippen molar-refractivity contribution in [1.29, 1.82) is 0 Å². The number of nitrogens with one attached hydrogen (secondary N) is 2. The third-order valence-electron chi connectivity index (χ3n) is 3.52. The van der Waals surface area contributed by atoms with Gasteiger partial charge >= 0.3 is 0 Å². The van der Waals surface area contributed by atoms with Gasteiger partial charge in [0.1, 0.15) is 5.82 Å². The largest absolute Gasteiger partial charge is 0.389 e. The molecule has 2 rings (SSSR count). The van der Waals surface area contributed by atoms with Crippen molar-refractivity contribution >= 4 is 23.4 Å². The Morgan fingerprint density at radius 1 is 1.29 bits per heavy atom. The van der Waals surface area contributed by atoms with Gasteiger partial charge in [0.25, 0.3) is 5.91 Å². The second kappa shape index (κ2) is 6.41. The van der Waals surface area contributed by atoms with Gasteiger partial charge in [0.15, 0.2) is 0 Å². The molecule has 0 heterocycles. The fraction of sp³-hybridized carbons (Fsp3) is 0.429. The molecule has 1 saturated carbocycles. The molecular formula is C14H16ClFN2O3. The number of amides is 2. The average molecular weight is 315 g/mol. The molecule has 114 valence electrons. The molecule has 1 aliphatic rings. The monoisotopic (exact) mass is 314 g/mol. The van der Waals surface area contributed by atoms with Crippen LogP contribution in [0, 0.1) is 5.82 Å². The predicted octanol–water partition coefficient (Wildman–Crippen LogP) is 1.94. The topological polar surface area (TPSA) is 78.4 Å². The van der Waals surface area contributed by atoms with Crippen LogP contribution in [0.4, 0.5) is 4.39 Å². The average Bonchev–Trinajstić information content (AvgIpc) is 2.82. The van der Waals surface area contributed by atoms with Crippen LogP contribution in [0.5, 0.6) is 0 Å². The van der Waals surface area contributed by atoms with Crippen LogP contribution in [0.3, 0.4) is 0 Å². The molecule has 1 aromatic rings. The minimum Gasteiger partial charge on any atom is -0.389 e. The predicted molar refractivity (Wildman–Crippen MR) is 75.1 cm³/mol. The maximum atomic E-state index is 13.5. The Balaban J connectivity index is 1.87. The van der Waals surface area contributed by atoms with E-state index in [1.807, 2.05) is 0 Å². The molecular weight excluding hydrogens is 299 g/mol. The van der Waals surface area contributed by atoms with Gasteiger partial charge in [-0.1, -0.05) is 24.4 Å². The van der Waals surface area contributed by atoms with Crippen LogP contribution in [0.15, 0.2) is 18.2 Å². The first-order valence-electron chi connectivity index (χ1n) is 6.66. The Bertz CT molecular complexity index is 559. The third-order valence-corrected chi connectivity index (χ3v) is 3.75. The summed E-state index contributed by atoms with van der Waals surface area (Å²) in [6.07, 6.45) is 2.81. The second-order valence-electron chi connectivity index (χ2n) is 5.23. The van der Waals surface area contributed by atoms with Gasteiger partial charge in [0.05, 0.1) is 17.6 Å². The number of carbonyl (C=O) groups is 2. The van der Waals surface area contributed by atoms with Gasteiger partial charge in [0, 0.05) is 5.02 Å². The van der Waals surface area contributed by atoms with Crippen LogP contribution in [0.1, 0.15) is 42.5 Å². The second-order valence-corrected chi connectivity index (χ2v) is 5.67. The molecule has 0 atom stereocenters. The van der Waals surface area contributed by atoms with E-state index in [4.69, 9.17) is 11.6 Å². The smallest absolute Gasteiger partial charge is 0.272 e. The Kier molecular flexibility index (Phi) is 4.80. The van der Waals surface area contributed by atoms with E-state index in [-0.39, 0.29) is 17.0 Å². The lowest BCUT2D eigenvalue weighted by atomic mass is 9.98. The zero-order valence-corrected chi connectivity index (χ0v) is 12.0. The molecule has 1 fully saturated rings. The van der Waals surface area contributed by atoms with Crippen molar-refractivity contribution in [3.8, 4) is 0 Å². The number of carbonyl (C=O) groups excluding carboxylic acids is 2. The van der Waals surface area contributed by atoms with Gasteiger partial charge in [0.2, 0.25) is 5.91 Å². The number of hydrazine groups is 1. The summed E-state index contributed by atoms with van der Waals surface area (Å²) in [6, 6.07) is 3.62. The van der Waals surface area contributed by atoms with E-state index in [0.29, 0.717) is 12.8 Å². The van der Waals surface area contributed by atoms with Crippen LogP contribution in [-0.4, -0.2) is 22.5 Å². The zero-order chi connectivity index (χ0) is 15.5. The quantitative estimate of drug-likeness (QED) is 0.746. The SMILES string of the molecule is O=C(CC1(O)CCCC1)NNC(=O)c1ccc(Cl)cc1F. The number of hydrogen-bond acceptors (Lipinski definition) is 3. The highest BCUT2D eigenvalue weighted by atomic mass is 35.5. The number of rotatable bonds is 3.